The highest BCUT2D eigenvalue weighted by molar-refractivity contribution is 6.31. The molecule has 2 aliphatic carbocycles. The lowest BCUT2D eigenvalue weighted by atomic mass is 10.1. The maximum Gasteiger partial charge on any atom is 0.293 e. The van der Waals surface area contributed by atoms with Crippen molar-refractivity contribution in [3.8, 4) is 5.75 Å². The van der Waals surface area contributed by atoms with Crippen molar-refractivity contribution in [2.75, 3.05) is 6.54 Å². The van der Waals surface area contributed by atoms with Crippen LogP contribution in [0, 0.1) is 0 Å². The fourth-order valence-corrected chi connectivity index (χ4v) is 3.78. The van der Waals surface area contributed by atoms with E-state index < -0.39 is 17.2 Å². The number of nitrogens with one attached hydrogen (secondary N) is 2. The fourth-order valence-electron chi connectivity index (χ4n) is 3.53. The van der Waals surface area contributed by atoms with Gasteiger partial charge >= 0.3 is 0 Å². The molecule has 26 heavy (non-hydrogen) atoms. The summed E-state index contributed by atoms with van der Waals surface area (Å²) in [5, 5.41) is 13.5. The molecule has 2 aliphatic rings. The first-order valence-electron chi connectivity index (χ1n) is 9.11. The van der Waals surface area contributed by atoms with Crippen LogP contribution in [0.1, 0.15) is 74.1 Å². The summed E-state index contributed by atoms with van der Waals surface area (Å²) >= 11 is 6.23. The normalized spacial score (nSPS) is 18.6. The number of hydrogen-bond acceptors (Lipinski definition) is 4. The molecule has 0 aromatic carbocycles. The maximum absolute atomic E-state index is 12.5. The Morgan fingerprint density at radius 3 is 2.81 bits per heavy atom. The third kappa shape index (κ3) is 4.18. The number of allylic oxidation sites excluding steroid dienone is 3. The predicted molar refractivity (Wildman–Crippen MR) is 101 cm³/mol. The van der Waals surface area contributed by atoms with Crippen molar-refractivity contribution in [1.82, 2.24) is 15.3 Å². The highest BCUT2D eigenvalue weighted by atomic mass is 35.5. The lowest BCUT2D eigenvalue weighted by molar-refractivity contribution is 0.0947. The molecule has 1 heterocycles. The number of aromatic nitrogens is 2. The minimum absolute atomic E-state index is 0.145. The predicted octanol–water partition coefficient (Wildman–Crippen LogP) is 3.49. The van der Waals surface area contributed by atoms with Crippen LogP contribution >= 0.6 is 11.6 Å². The molecule has 140 valence electrons. The molecule has 0 radical (unpaired) electrons. The zero-order chi connectivity index (χ0) is 18.7. The SMILES string of the molecule is CC1=C(Cl)C=C(CNC(=O)c2nc(C3CCCC3)[nH]c(=O)c2O)CCC1. The smallest absolute Gasteiger partial charge is 0.293 e. The van der Waals surface area contributed by atoms with E-state index in [1.165, 1.54) is 0 Å². The van der Waals surface area contributed by atoms with Crippen LogP contribution in [0.15, 0.2) is 27.0 Å². The van der Waals surface area contributed by atoms with Gasteiger partial charge in [-0.15, -0.1) is 0 Å². The second-order valence-electron chi connectivity index (χ2n) is 7.10. The van der Waals surface area contributed by atoms with E-state index in [9.17, 15) is 14.7 Å². The van der Waals surface area contributed by atoms with Crippen LogP contribution in [-0.4, -0.2) is 27.5 Å². The summed E-state index contributed by atoms with van der Waals surface area (Å²) in [5.74, 6) is -0.542. The van der Waals surface area contributed by atoms with Gasteiger partial charge in [0.05, 0.1) is 0 Å². The summed E-state index contributed by atoms with van der Waals surface area (Å²) in [6, 6.07) is 0. The molecule has 7 heteroatoms. The van der Waals surface area contributed by atoms with Crippen LogP contribution < -0.4 is 10.9 Å². The molecule has 0 saturated heterocycles. The molecule has 3 N–H and O–H groups in total. The number of aromatic amines is 1. The summed E-state index contributed by atoms with van der Waals surface area (Å²) in [4.78, 5) is 31.3. The number of halogens is 1. The molecule has 1 saturated carbocycles. The third-order valence-corrected chi connectivity index (χ3v) is 5.57. The first kappa shape index (κ1) is 18.7. The number of rotatable bonds is 4. The summed E-state index contributed by atoms with van der Waals surface area (Å²) < 4.78 is 0. The summed E-state index contributed by atoms with van der Waals surface area (Å²) in [6.07, 6.45) is 8.68. The Morgan fingerprint density at radius 2 is 2.08 bits per heavy atom. The number of amides is 1. The largest absolute Gasteiger partial charge is 0.501 e. The second-order valence-corrected chi connectivity index (χ2v) is 7.50. The van der Waals surface area contributed by atoms with Crippen LogP contribution in [0.4, 0.5) is 0 Å². The monoisotopic (exact) mass is 377 g/mol. The van der Waals surface area contributed by atoms with Crippen molar-refractivity contribution in [3.63, 3.8) is 0 Å². The highest BCUT2D eigenvalue weighted by Gasteiger charge is 2.24. The van der Waals surface area contributed by atoms with Gasteiger partial charge in [0.15, 0.2) is 5.69 Å². The Morgan fingerprint density at radius 1 is 1.35 bits per heavy atom. The van der Waals surface area contributed by atoms with Gasteiger partial charge in [-0.1, -0.05) is 30.0 Å². The van der Waals surface area contributed by atoms with Gasteiger partial charge in [0.25, 0.3) is 11.5 Å². The number of carbonyl (C=O) groups is 1. The highest BCUT2D eigenvalue weighted by Crippen LogP contribution is 2.32. The quantitative estimate of drug-likeness (QED) is 0.748. The van der Waals surface area contributed by atoms with E-state index in [0.717, 1.165) is 56.1 Å². The Bertz CT molecular complexity index is 820. The van der Waals surface area contributed by atoms with Gasteiger partial charge in [-0.2, -0.15) is 0 Å². The topological polar surface area (TPSA) is 95.1 Å². The van der Waals surface area contributed by atoms with E-state index in [1.54, 1.807) is 0 Å². The van der Waals surface area contributed by atoms with E-state index in [1.807, 2.05) is 13.0 Å². The molecule has 1 aromatic rings. The van der Waals surface area contributed by atoms with Gasteiger partial charge in [-0.3, -0.25) is 9.59 Å². The van der Waals surface area contributed by atoms with E-state index in [0.29, 0.717) is 17.4 Å². The number of H-pyrrole nitrogens is 1. The van der Waals surface area contributed by atoms with Crippen LogP contribution in [0.25, 0.3) is 0 Å². The summed E-state index contributed by atoms with van der Waals surface area (Å²) in [6.45, 7) is 2.32. The molecular weight excluding hydrogens is 354 g/mol. The molecule has 1 amide bonds. The van der Waals surface area contributed by atoms with Gasteiger partial charge in [0.1, 0.15) is 5.82 Å². The molecule has 0 aliphatic heterocycles. The lowest BCUT2D eigenvalue weighted by Crippen LogP contribution is -2.29. The van der Waals surface area contributed by atoms with Crippen molar-refractivity contribution in [3.05, 3.63) is 44.1 Å². The zero-order valence-corrected chi connectivity index (χ0v) is 15.7. The lowest BCUT2D eigenvalue weighted by Gasteiger charge is -2.12. The molecule has 3 rings (SSSR count). The second kappa shape index (κ2) is 8.08. The molecule has 6 nitrogen and oxygen atoms in total. The molecule has 1 fully saturated rings. The average molecular weight is 378 g/mol. The van der Waals surface area contributed by atoms with E-state index in [-0.39, 0.29) is 11.6 Å². The molecule has 1 aromatic heterocycles. The van der Waals surface area contributed by atoms with Crippen molar-refractivity contribution in [2.45, 2.75) is 57.8 Å². The minimum Gasteiger partial charge on any atom is -0.501 e. The zero-order valence-electron chi connectivity index (χ0n) is 14.9. The number of nitrogens with zero attached hydrogens (tertiary/aromatic N) is 1. The number of hydrogen-bond donors (Lipinski definition) is 3. The molecule has 0 spiro atoms. The van der Waals surface area contributed by atoms with Gasteiger partial charge in [-0.25, -0.2) is 4.98 Å². The van der Waals surface area contributed by atoms with E-state index in [2.05, 4.69) is 15.3 Å². The number of aromatic hydroxyl groups is 1. The van der Waals surface area contributed by atoms with Gasteiger partial charge < -0.3 is 15.4 Å². The molecule has 0 atom stereocenters. The minimum atomic E-state index is -0.665. The van der Waals surface area contributed by atoms with Crippen molar-refractivity contribution < 1.29 is 9.90 Å². The Kier molecular flexibility index (Phi) is 5.81. The third-order valence-electron chi connectivity index (χ3n) is 5.13. The van der Waals surface area contributed by atoms with Crippen molar-refractivity contribution in [1.29, 1.82) is 0 Å². The number of carbonyl (C=O) groups excluding carboxylic acids is 1. The van der Waals surface area contributed by atoms with Crippen LogP contribution in [0.3, 0.4) is 0 Å². The van der Waals surface area contributed by atoms with Crippen molar-refractivity contribution in [2.24, 2.45) is 0 Å². The Balaban J connectivity index is 1.75. The van der Waals surface area contributed by atoms with Crippen molar-refractivity contribution >= 4 is 17.5 Å². The Hall–Kier alpha value is -2.08. The summed E-state index contributed by atoms with van der Waals surface area (Å²) in [7, 11) is 0. The fraction of sp³-hybridized carbons (Fsp3) is 0.526. The van der Waals surface area contributed by atoms with Crippen LogP contribution in [-0.2, 0) is 0 Å². The average Bonchev–Trinajstić information content (AvgIpc) is 3.10. The first-order chi connectivity index (χ1) is 12.5. The molecule has 0 unspecified atom stereocenters. The van der Waals surface area contributed by atoms with Crippen LogP contribution in [0.5, 0.6) is 5.75 Å². The van der Waals surface area contributed by atoms with Gasteiger partial charge in [0, 0.05) is 17.5 Å². The summed E-state index contributed by atoms with van der Waals surface area (Å²) in [5.41, 5.74) is 1.29. The first-order valence-corrected chi connectivity index (χ1v) is 9.49. The van der Waals surface area contributed by atoms with E-state index >= 15 is 0 Å². The van der Waals surface area contributed by atoms with Gasteiger partial charge in [-0.05, 0) is 50.7 Å². The maximum atomic E-state index is 12.5. The Labute approximate surface area is 157 Å². The van der Waals surface area contributed by atoms with E-state index in [4.69, 9.17) is 11.6 Å². The van der Waals surface area contributed by atoms with Crippen LogP contribution in [0.2, 0.25) is 0 Å². The molecular formula is C19H24ClN3O3. The van der Waals surface area contributed by atoms with Gasteiger partial charge in [0.2, 0.25) is 5.75 Å². The molecule has 0 bridgehead atoms. The standard InChI is InChI=1S/C19H24ClN3O3/c1-11-5-4-6-12(9-14(11)20)10-21-18(25)15-16(24)19(26)23-17(22-15)13-7-2-3-8-13/h9,13,24H,2-8,10H2,1H3,(H,21,25)(H,22,23,26).